The molecule has 0 saturated carbocycles. The van der Waals surface area contributed by atoms with Crippen molar-refractivity contribution in [1.29, 1.82) is 0 Å². The van der Waals surface area contributed by atoms with Gasteiger partial charge in [-0.2, -0.15) is 0 Å². The van der Waals surface area contributed by atoms with E-state index in [2.05, 4.69) is 37.4 Å². The van der Waals surface area contributed by atoms with Gasteiger partial charge in [-0.15, -0.1) is 11.8 Å². The van der Waals surface area contributed by atoms with E-state index in [0.29, 0.717) is 16.1 Å². The highest BCUT2D eigenvalue weighted by Crippen LogP contribution is 2.30. The van der Waals surface area contributed by atoms with Crippen molar-refractivity contribution >= 4 is 35.0 Å². The summed E-state index contributed by atoms with van der Waals surface area (Å²) < 4.78 is 0. The van der Waals surface area contributed by atoms with Crippen LogP contribution in [0.15, 0.2) is 41.3 Å². The van der Waals surface area contributed by atoms with E-state index < -0.39 is 0 Å². The Labute approximate surface area is 141 Å². The monoisotopic (exact) mass is 339 g/mol. The summed E-state index contributed by atoms with van der Waals surface area (Å²) in [5.74, 6) is 0.942. The Kier molecular flexibility index (Phi) is 6.00. The van der Waals surface area contributed by atoms with Crippen LogP contribution in [0.25, 0.3) is 0 Å². The Bertz CT molecular complexity index is 608. The molecule has 2 aromatic rings. The number of thioether (sulfide) groups is 1. The molecule has 0 bridgehead atoms. The molecule has 112 valence electrons. The van der Waals surface area contributed by atoms with Gasteiger partial charge in [0.25, 0.3) is 0 Å². The molecule has 1 N–H and O–H groups in total. The van der Waals surface area contributed by atoms with Crippen LogP contribution in [-0.2, 0) is 0 Å². The van der Waals surface area contributed by atoms with Gasteiger partial charge in [0.1, 0.15) is 0 Å². The second-order valence-corrected chi connectivity index (χ2v) is 7.06. The average Bonchev–Trinajstić information content (AvgIpc) is 2.42. The van der Waals surface area contributed by atoms with Gasteiger partial charge >= 0.3 is 0 Å². The first-order valence-electron chi connectivity index (χ1n) is 6.83. The molecule has 1 unspecified atom stereocenters. The zero-order valence-corrected chi connectivity index (χ0v) is 14.7. The highest BCUT2D eigenvalue weighted by Gasteiger charge is 2.11. The summed E-state index contributed by atoms with van der Waals surface area (Å²) in [4.78, 5) is 1.13. The molecule has 0 amide bonds. The topological polar surface area (TPSA) is 12.0 Å². The zero-order chi connectivity index (χ0) is 15.4. The molecule has 0 aliphatic carbocycles. The fourth-order valence-corrected chi connectivity index (χ4v) is 3.75. The van der Waals surface area contributed by atoms with Crippen LogP contribution >= 0.6 is 35.0 Å². The van der Waals surface area contributed by atoms with E-state index in [-0.39, 0.29) is 0 Å². The van der Waals surface area contributed by atoms with Crippen LogP contribution in [-0.4, -0.2) is 12.8 Å². The van der Waals surface area contributed by atoms with E-state index in [1.165, 1.54) is 16.7 Å². The summed E-state index contributed by atoms with van der Waals surface area (Å²) in [7, 11) is 2.00. The summed E-state index contributed by atoms with van der Waals surface area (Å²) in [6, 6.07) is 12.8. The highest BCUT2D eigenvalue weighted by atomic mass is 35.5. The summed E-state index contributed by atoms with van der Waals surface area (Å²) in [6.07, 6.45) is 0. The Hall–Kier alpha value is -0.670. The van der Waals surface area contributed by atoms with Crippen molar-refractivity contribution in [1.82, 2.24) is 5.32 Å². The van der Waals surface area contributed by atoms with Crippen LogP contribution in [0.5, 0.6) is 0 Å². The molecule has 2 rings (SSSR count). The molecule has 0 spiro atoms. The Morgan fingerprint density at radius 3 is 2.24 bits per heavy atom. The normalized spacial score (nSPS) is 12.4. The van der Waals surface area contributed by atoms with E-state index in [9.17, 15) is 0 Å². The van der Waals surface area contributed by atoms with E-state index in [4.69, 9.17) is 23.2 Å². The lowest BCUT2D eigenvalue weighted by Crippen LogP contribution is -2.19. The minimum absolute atomic E-state index is 0.308. The zero-order valence-electron chi connectivity index (χ0n) is 12.4. The van der Waals surface area contributed by atoms with Crippen LogP contribution in [0, 0.1) is 13.8 Å². The standard InChI is InChI=1S/C17H19Cl2NS/c1-11-6-12(2)8-13(7-11)17(20-3)10-21-14-4-5-15(18)16(19)9-14/h4-9,17,20H,10H2,1-3H3. The lowest BCUT2D eigenvalue weighted by atomic mass is 10.0. The minimum Gasteiger partial charge on any atom is -0.312 e. The van der Waals surface area contributed by atoms with Gasteiger partial charge < -0.3 is 5.32 Å². The first-order chi connectivity index (χ1) is 9.99. The quantitative estimate of drug-likeness (QED) is 0.705. The molecule has 0 radical (unpaired) electrons. The highest BCUT2D eigenvalue weighted by molar-refractivity contribution is 7.99. The number of nitrogens with one attached hydrogen (secondary N) is 1. The molecule has 0 aromatic heterocycles. The molecule has 0 saturated heterocycles. The Morgan fingerprint density at radius 2 is 1.67 bits per heavy atom. The second-order valence-electron chi connectivity index (χ2n) is 5.15. The third kappa shape index (κ3) is 4.65. The lowest BCUT2D eigenvalue weighted by molar-refractivity contribution is 0.661. The first kappa shape index (κ1) is 16.7. The first-order valence-corrected chi connectivity index (χ1v) is 8.57. The minimum atomic E-state index is 0.308. The third-order valence-corrected chi connectivity index (χ3v) is 5.13. The molecule has 21 heavy (non-hydrogen) atoms. The molecule has 0 aliphatic rings. The number of hydrogen-bond donors (Lipinski definition) is 1. The fraction of sp³-hybridized carbons (Fsp3) is 0.294. The van der Waals surface area contributed by atoms with Crippen molar-refractivity contribution in [3.05, 3.63) is 63.1 Å². The maximum absolute atomic E-state index is 6.06. The number of aryl methyl sites for hydroxylation is 2. The van der Waals surface area contributed by atoms with Crippen molar-refractivity contribution in [2.24, 2.45) is 0 Å². The molecule has 0 fully saturated rings. The maximum Gasteiger partial charge on any atom is 0.0603 e. The number of benzene rings is 2. The Balaban J connectivity index is 2.10. The molecule has 4 heteroatoms. The van der Waals surface area contributed by atoms with Gasteiger partial charge in [0.15, 0.2) is 0 Å². The van der Waals surface area contributed by atoms with Gasteiger partial charge in [0.05, 0.1) is 10.0 Å². The third-order valence-electron chi connectivity index (χ3n) is 3.30. The molecule has 2 aromatic carbocycles. The maximum atomic E-state index is 6.06. The predicted octanol–water partition coefficient (Wildman–Crippen LogP) is 5.66. The second kappa shape index (κ2) is 7.55. The van der Waals surface area contributed by atoms with Crippen LogP contribution in [0.2, 0.25) is 10.0 Å². The van der Waals surface area contributed by atoms with E-state index in [1.807, 2.05) is 25.2 Å². The number of rotatable bonds is 5. The summed E-state index contributed by atoms with van der Waals surface area (Å²) in [6.45, 7) is 4.27. The molecule has 0 aliphatic heterocycles. The number of hydrogen-bond acceptors (Lipinski definition) is 2. The smallest absolute Gasteiger partial charge is 0.0603 e. The van der Waals surface area contributed by atoms with Crippen molar-refractivity contribution < 1.29 is 0 Å². The van der Waals surface area contributed by atoms with Gasteiger partial charge in [-0.1, -0.05) is 52.5 Å². The van der Waals surface area contributed by atoms with Crippen LogP contribution < -0.4 is 5.32 Å². The average molecular weight is 340 g/mol. The van der Waals surface area contributed by atoms with Crippen LogP contribution in [0.1, 0.15) is 22.7 Å². The lowest BCUT2D eigenvalue weighted by Gasteiger charge is -2.18. The van der Waals surface area contributed by atoms with E-state index in [1.54, 1.807) is 11.8 Å². The summed E-state index contributed by atoms with van der Waals surface area (Å²) in [5, 5.41) is 4.59. The van der Waals surface area contributed by atoms with Crippen molar-refractivity contribution in [3.8, 4) is 0 Å². The van der Waals surface area contributed by atoms with Crippen LogP contribution in [0.3, 0.4) is 0 Å². The van der Waals surface area contributed by atoms with Gasteiger partial charge in [-0.05, 0) is 44.7 Å². The van der Waals surface area contributed by atoms with Gasteiger partial charge in [-0.3, -0.25) is 0 Å². The van der Waals surface area contributed by atoms with Crippen molar-refractivity contribution in [2.45, 2.75) is 24.8 Å². The number of halogens is 2. The fourth-order valence-electron chi connectivity index (χ4n) is 2.30. The van der Waals surface area contributed by atoms with Crippen molar-refractivity contribution in [2.75, 3.05) is 12.8 Å². The predicted molar refractivity (Wildman–Crippen MR) is 94.9 cm³/mol. The SMILES string of the molecule is CNC(CSc1ccc(Cl)c(Cl)c1)c1cc(C)cc(C)c1. The Morgan fingerprint density at radius 1 is 1.00 bits per heavy atom. The van der Waals surface area contributed by atoms with E-state index >= 15 is 0 Å². The molecule has 1 nitrogen and oxygen atoms in total. The molecular weight excluding hydrogens is 321 g/mol. The van der Waals surface area contributed by atoms with E-state index in [0.717, 1.165) is 10.6 Å². The van der Waals surface area contributed by atoms with Crippen molar-refractivity contribution in [3.63, 3.8) is 0 Å². The molecule has 1 atom stereocenters. The van der Waals surface area contributed by atoms with Crippen LogP contribution in [0.4, 0.5) is 0 Å². The molecular formula is C17H19Cl2NS. The van der Waals surface area contributed by atoms with Gasteiger partial charge in [0, 0.05) is 16.7 Å². The summed E-state index contributed by atoms with van der Waals surface area (Å²) >= 11 is 13.8. The molecule has 0 heterocycles. The largest absolute Gasteiger partial charge is 0.312 e. The van der Waals surface area contributed by atoms with Gasteiger partial charge in [-0.25, -0.2) is 0 Å². The van der Waals surface area contributed by atoms with Gasteiger partial charge in [0.2, 0.25) is 0 Å². The summed E-state index contributed by atoms with van der Waals surface area (Å²) in [5.41, 5.74) is 3.91.